The van der Waals surface area contributed by atoms with Gasteiger partial charge in [0.05, 0.1) is 10.5 Å². The molecule has 0 aliphatic carbocycles. The third-order valence-corrected chi connectivity index (χ3v) is 6.34. The van der Waals surface area contributed by atoms with Gasteiger partial charge < -0.3 is 5.11 Å². The lowest BCUT2D eigenvalue weighted by Crippen LogP contribution is -2.36. The van der Waals surface area contributed by atoms with Gasteiger partial charge in [-0.05, 0) is 55.2 Å². The summed E-state index contributed by atoms with van der Waals surface area (Å²) in [5, 5.41) is 9.07. The molecule has 5 nitrogen and oxygen atoms in total. The lowest BCUT2D eigenvalue weighted by Gasteiger charge is -2.24. The number of carboxylic acids is 1. The van der Waals surface area contributed by atoms with Crippen LogP contribution >= 0.6 is 0 Å². The number of hydrogen-bond acceptors (Lipinski definition) is 3. The average molecular weight is 363 g/mol. The Balaban J connectivity index is 1.86. The van der Waals surface area contributed by atoms with Crippen LogP contribution in [-0.2, 0) is 16.4 Å². The number of aromatic carboxylic acids is 1. The number of carbonyl (C=O) groups is 1. The molecule has 0 amide bonds. The molecular formula is C18H18FNO4S. The van der Waals surface area contributed by atoms with Crippen molar-refractivity contribution in [1.29, 1.82) is 0 Å². The topological polar surface area (TPSA) is 74.7 Å². The van der Waals surface area contributed by atoms with E-state index in [1.54, 1.807) is 12.1 Å². The van der Waals surface area contributed by atoms with Gasteiger partial charge in [-0.2, -0.15) is 4.31 Å². The Bertz CT molecular complexity index is 880. The monoisotopic (exact) mass is 363 g/mol. The molecule has 2 aromatic rings. The first kappa shape index (κ1) is 17.6. The molecular weight excluding hydrogens is 345 g/mol. The van der Waals surface area contributed by atoms with Crippen LogP contribution in [0.2, 0.25) is 0 Å². The molecule has 1 fully saturated rings. The van der Waals surface area contributed by atoms with Crippen molar-refractivity contribution in [3.05, 3.63) is 65.5 Å². The summed E-state index contributed by atoms with van der Waals surface area (Å²) in [7, 11) is -3.78. The minimum Gasteiger partial charge on any atom is -0.478 e. The molecule has 0 spiro atoms. The van der Waals surface area contributed by atoms with E-state index in [0.717, 1.165) is 18.4 Å². The minimum absolute atomic E-state index is 0.0154. The van der Waals surface area contributed by atoms with E-state index >= 15 is 0 Å². The highest BCUT2D eigenvalue weighted by atomic mass is 32.2. The van der Waals surface area contributed by atoms with Crippen LogP contribution in [0.15, 0.2) is 53.4 Å². The van der Waals surface area contributed by atoms with Gasteiger partial charge in [-0.3, -0.25) is 0 Å². The van der Waals surface area contributed by atoms with Gasteiger partial charge in [-0.25, -0.2) is 17.6 Å². The average Bonchev–Trinajstić information content (AvgIpc) is 3.06. The van der Waals surface area contributed by atoms with E-state index in [2.05, 4.69) is 0 Å². The highest BCUT2D eigenvalue weighted by Gasteiger charge is 2.35. The fraction of sp³-hybridized carbons (Fsp3) is 0.278. The highest BCUT2D eigenvalue weighted by molar-refractivity contribution is 7.89. The summed E-state index contributed by atoms with van der Waals surface area (Å²) in [5.41, 5.74) is 0.808. The van der Waals surface area contributed by atoms with Crippen molar-refractivity contribution >= 4 is 16.0 Å². The second kappa shape index (κ2) is 6.93. The van der Waals surface area contributed by atoms with E-state index in [0.29, 0.717) is 13.0 Å². The second-order valence-electron chi connectivity index (χ2n) is 6.08. The van der Waals surface area contributed by atoms with Crippen molar-refractivity contribution in [3.8, 4) is 0 Å². The first-order valence-electron chi connectivity index (χ1n) is 7.97. The maximum absolute atomic E-state index is 13.0. The highest BCUT2D eigenvalue weighted by Crippen LogP contribution is 2.28. The summed E-state index contributed by atoms with van der Waals surface area (Å²) in [6, 6.07) is 11.2. The Kier molecular flexibility index (Phi) is 4.87. The van der Waals surface area contributed by atoms with Crippen LogP contribution in [0.3, 0.4) is 0 Å². The van der Waals surface area contributed by atoms with Crippen LogP contribution in [0.4, 0.5) is 4.39 Å². The standard InChI is InChI=1S/C18H18FNO4S/c19-15-8-6-13(7-9-15)11-16-4-2-10-20(16)25(23,24)17-5-1-3-14(12-17)18(21)22/h1,3,5-9,12,16H,2,4,10-11H2,(H,21,22). The zero-order valence-electron chi connectivity index (χ0n) is 13.4. The number of rotatable bonds is 5. The predicted octanol–water partition coefficient (Wildman–Crippen LogP) is 2.92. The van der Waals surface area contributed by atoms with E-state index in [4.69, 9.17) is 5.11 Å². The number of sulfonamides is 1. The molecule has 3 rings (SSSR count). The normalized spacial score (nSPS) is 18.4. The zero-order chi connectivity index (χ0) is 18.0. The molecule has 1 N–H and O–H groups in total. The van der Waals surface area contributed by atoms with Crippen molar-refractivity contribution in [1.82, 2.24) is 4.31 Å². The van der Waals surface area contributed by atoms with E-state index in [9.17, 15) is 17.6 Å². The van der Waals surface area contributed by atoms with Crippen molar-refractivity contribution in [2.75, 3.05) is 6.54 Å². The SMILES string of the molecule is O=C(O)c1cccc(S(=O)(=O)N2CCCC2Cc2ccc(F)cc2)c1. The lowest BCUT2D eigenvalue weighted by atomic mass is 10.0. The van der Waals surface area contributed by atoms with Crippen molar-refractivity contribution < 1.29 is 22.7 Å². The molecule has 0 radical (unpaired) electrons. The third kappa shape index (κ3) is 3.72. The largest absolute Gasteiger partial charge is 0.478 e. The Morgan fingerprint density at radius 3 is 2.60 bits per heavy atom. The molecule has 1 unspecified atom stereocenters. The number of hydrogen-bond donors (Lipinski definition) is 1. The summed E-state index contributed by atoms with van der Waals surface area (Å²) in [6.07, 6.45) is 1.96. The van der Waals surface area contributed by atoms with Crippen molar-refractivity contribution in [3.63, 3.8) is 0 Å². The molecule has 0 bridgehead atoms. The van der Waals surface area contributed by atoms with E-state index in [-0.39, 0.29) is 22.3 Å². The Hall–Kier alpha value is -2.25. The molecule has 1 saturated heterocycles. The summed E-state index contributed by atoms with van der Waals surface area (Å²) in [4.78, 5) is 11.1. The van der Waals surface area contributed by atoms with E-state index in [1.165, 1.54) is 40.7 Å². The van der Waals surface area contributed by atoms with Gasteiger partial charge in [-0.1, -0.05) is 18.2 Å². The van der Waals surface area contributed by atoms with Gasteiger partial charge in [0.1, 0.15) is 5.82 Å². The molecule has 1 aliphatic rings. The second-order valence-corrected chi connectivity index (χ2v) is 7.97. The predicted molar refractivity (Wildman–Crippen MR) is 90.4 cm³/mol. The summed E-state index contributed by atoms with van der Waals surface area (Å²) in [5.74, 6) is -1.49. The van der Waals surface area contributed by atoms with Crippen molar-refractivity contribution in [2.24, 2.45) is 0 Å². The fourth-order valence-electron chi connectivity index (χ4n) is 3.15. The molecule has 1 aliphatic heterocycles. The number of nitrogens with zero attached hydrogens (tertiary/aromatic N) is 1. The number of carboxylic acid groups (broad SMARTS) is 1. The maximum Gasteiger partial charge on any atom is 0.335 e. The lowest BCUT2D eigenvalue weighted by molar-refractivity contribution is 0.0696. The molecule has 0 aromatic heterocycles. The Labute approximate surface area is 145 Å². The van der Waals surface area contributed by atoms with Crippen LogP contribution < -0.4 is 0 Å². The molecule has 25 heavy (non-hydrogen) atoms. The van der Waals surface area contributed by atoms with Crippen molar-refractivity contribution in [2.45, 2.75) is 30.2 Å². The first-order chi connectivity index (χ1) is 11.9. The third-order valence-electron chi connectivity index (χ3n) is 4.40. The molecule has 7 heteroatoms. The summed E-state index contributed by atoms with van der Waals surface area (Å²) in [6.45, 7) is 0.394. The zero-order valence-corrected chi connectivity index (χ0v) is 14.2. The van der Waals surface area contributed by atoms with Gasteiger partial charge in [-0.15, -0.1) is 0 Å². The molecule has 1 atom stereocenters. The van der Waals surface area contributed by atoms with Crippen LogP contribution in [-0.4, -0.2) is 36.4 Å². The molecule has 132 valence electrons. The quantitative estimate of drug-likeness (QED) is 0.886. The maximum atomic E-state index is 13.0. The molecule has 0 saturated carbocycles. The Morgan fingerprint density at radius 1 is 1.20 bits per heavy atom. The smallest absolute Gasteiger partial charge is 0.335 e. The van der Waals surface area contributed by atoms with E-state index < -0.39 is 16.0 Å². The minimum atomic E-state index is -3.78. The van der Waals surface area contributed by atoms with Gasteiger partial charge in [0.15, 0.2) is 0 Å². The Morgan fingerprint density at radius 2 is 1.92 bits per heavy atom. The number of benzene rings is 2. The summed E-state index contributed by atoms with van der Waals surface area (Å²) >= 11 is 0. The van der Waals surface area contributed by atoms with Gasteiger partial charge in [0.2, 0.25) is 10.0 Å². The van der Waals surface area contributed by atoms with Gasteiger partial charge in [0.25, 0.3) is 0 Å². The van der Waals surface area contributed by atoms with Crippen LogP contribution in [0.1, 0.15) is 28.8 Å². The van der Waals surface area contributed by atoms with Crippen LogP contribution in [0.25, 0.3) is 0 Å². The summed E-state index contributed by atoms with van der Waals surface area (Å²) < 4.78 is 40.3. The van der Waals surface area contributed by atoms with Gasteiger partial charge in [0, 0.05) is 12.6 Å². The van der Waals surface area contributed by atoms with Crippen LogP contribution in [0, 0.1) is 5.82 Å². The first-order valence-corrected chi connectivity index (χ1v) is 9.41. The fourth-order valence-corrected chi connectivity index (χ4v) is 4.89. The van der Waals surface area contributed by atoms with Crippen LogP contribution in [0.5, 0.6) is 0 Å². The molecule has 2 aromatic carbocycles. The van der Waals surface area contributed by atoms with Gasteiger partial charge >= 0.3 is 5.97 Å². The molecule has 1 heterocycles. The number of halogens is 1. The van der Waals surface area contributed by atoms with E-state index in [1.807, 2.05) is 0 Å².